The highest BCUT2D eigenvalue weighted by atomic mass is 16.3. The van der Waals surface area contributed by atoms with Gasteiger partial charge in [0.05, 0.1) is 12.6 Å². The molecule has 100 valence electrons. The normalized spacial score (nSPS) is 12.8. The molecule has 0 saturated heterocycles. The maximum atomic E-state index is 11.8. The number of amides is 1. The predicted octanol–water partition coefficient (Wildman–Crippen LogP) is 1.02. The first kappa shape index (κ1) is 16.1. The lowest BCUT2D eigenvalue weighted by Crippen LogP contribution is -2.46. The van der Waals surface area contributed by atoms with Crippen molar-refractivity contribution in [3.8, 4) is 0 Å². The highest BCUT2D eigenvalue weighted by molar-refractivity contribution is 5.81. The van der Waals surface area contributed by atoms with Crippen molar-refractivity contribution in [2.75, 3.05) is 26.2 Å². The zero-order valence-electron chi connectivity index (χ0n) is 11.3. The molecule has 4 heteroatoms. The summed E-state index contributed by atoms with van der Waals surface area (Å²) in [6.45, 7) is 11.6. The van der Waals surface area contributed by atoms with E-state index in [4.69, 9.17) is 5.11 Å². The Morgan fingerprint density at radius 1 is 1.47 bits per heavy atom. The lowest BCUT2D eigenvalue weighted by Gasteiger charge is -2.26. The molecule has 0 saturated carbocycles. The van der Waals surface area contributed by atoms with E-state index >= 15 is 0 Å². The minimum absolute atomic E-state index is 0.0148. The lowest BCUT2D eigenvalue weighted by atomic mass is 10.1. The molecule has 0 radical (unpaired) electrons. The number of hydrogen-bond donors (Lipinski definition) is 2. The number of aliphatic hydroxyl groups is 1. The Bertz CT molecular complexity index is 229. The molecule has 0 aliphatic heterocycles. The Labute approximate surface area is 105 Å². The van der Waals surface area contributed by atoms with Crippen LogP contribution in [-0.4, -0.2) is 48.2 Å². The predicted molar refractivity (Wildman–Crippen MR) is 70.8 cm³/mol. The summed E-state index contributed by atoms with van der Waals surface area (Å²) in [6, 6.07) is -0.229. The maximum Gasteiger partial charge on any atom is 0.237 e. The standard InChI is InChI=1S/C13H26N2O2/c1-5-8-15(9-10-16)12(4)13(17)14-7-6-11(2)3/h5,11-12,16H,1,6-10H2,2-4H3,(H,14,17). The molecule has 0 rings (SSSR count). The van der Waals surface area contributed by atoms with Crippen molar-refractivity contribution >= 4 is 5.91 Å². The van der Waals surface area contributed by atoms with Crippen LogP contribution in [0.2, 0.25) is 0 Å². The first-order chi connectivity index (χ1) is 8.02. The van der Waals surface area contributed by atoms with E-state index in [1.54, 1.807) is 6.08 Å². The molecule has 0 aromatic heterocycles. The molecule has 1 amide bonds. The van der Waals surface area contributed by atoms with E-state index in [1.807, 2.05) is 11.8 Å². The van der Waals surface area contributed by atoms with Gasteiger partial charge in [0.2, 0.25) is 5.91 Å². The van der Waals surface area contributed by atoms with E-state index in [9.17, 15) is 4.79 Å². The molecule has 4 nitrogen and oxygen atoms in total. The maximum absolute atomic E-state index is 11.8. The Hall–Kier alpha value is -0.870. The van der Waals surface area contributed by atoms with Crippen LogP contribution >= 0.6 is 0 Å². The topological polar surface area (TPSA) is 52.6 Å². The quantitative estimate of drug-likeness (QED) is 0.594. The van der Waals surface area contributed by atoms with Gasteiger partial charge < -0.3 is 10.4 Å². The molecule has 2 N–H and O–H groups in total. The van der Waals surface area contributed by atoms with Crippen LogP contribution in [0.1, 0.15) is 27.2 Å². The number of hydrogen-bond acceptors (Lipinski definition) is 3. The molecule has 0 aliphatic carbocycles. The van der Waals surface area contributed by atoms with Crippen molar-refractivity contribution in [3.05, 3.63) is 12.7 Å². The second-order valence-corrected chi connectivity index (χ2v) is 4.66. The second kappa shape index (κ2) is 9.19. The zero-order chi connectivity index (χ0) is 13.3. The third-order valence-corrected chi connectivity index (χ3v) is 2.70. The van der Waals surface area contributed by atoms with Crippen molar-refractivity contribution in [1.82, 2.24) is 10.2 Å². The fourth-order valence-corrected chi connectivity index (χ4v) is 1.53. The van der Waals surface area contributed by atoms with Gasteiger partial charge in [0.15, 0.2) is 0 Å². The SMILES string of the molecule is C=CCN(CCO)C(C)C(=O)NCCC(C)C. The summed E-state index contributed by atoms with van der Waals surface area (Å²) in [5, 5.41) is 11.8. The summed E-state index contributed by atoms with van der Waals surface area (Å²) in [7, 11) is 0. The summed E-state index contributed by atoms with van der Waals surface area (Å²) in [5.74, 6) is 0.605. The van der Waals surface area contributed by atoms with Gasteiger partial charge in [-0.1, -0.05) is 19.9 Å². The lowest BCUT2D eigenvalue weighted by molar-refractivity contribution is -0.125. The average Bonchev–Trinajstić information content (AvgIpc) is 2.27. The fraction of sp³-hybridized carbons (Fsp3) is 0.769. The molecule has 1 unspecified atom stereocenters. The molecule has 0 aromatic carbocycles. The zero-order valence-corrected chi connectivity index (χ0v) is 11.3. The number of nitrogens with zero attached hydrogens (tertiary/aromatic N) is 1. The molecule has 0 aromatic rings. The van der Waals surface area contributed by atoms with E-state index in [0.29, 0.717) is 25.6 Å². The fourth-order valence-electron chi connectivity index (χ4n) is 1.53. The van der Waals surface area contributed by atoms with Crippen LogP contribution in [0.25, 0.3) is 0 Å². The van der Waals surface area contributed by atoms with E-state index in [0.717, 1.165) is 6.42 Å². The molecular formula is C13H26N2O2. The Kier molecular flexibility index (Phi) is 8.72. The summed E-state index contributed by atoms with van der Waals surface area (Å²) >= 11 is 0. The van der Waals surface area contributed by atoms with Gasteiger partial charge in [0, 0.05) is 19.6 Å². The van der Waals surface area contributed by atoms with Crippen LogP contribution in [0.5, 0.6) is 0 Å². The highest BCUT2D eigenvalue weighted by Gasteiger charge is 2.19. The monoisotopic (exact) mass is 242 g/mol. The molecule has 0 bridgehead atoms. The molecule has 1 atom stereocenters. The molecule has 0 aliphatic rings. The van der Waals surface area contributed by atoms with Crippen LogP contribution in [0.3, 0.4) is 0 Å². The first-order valence-corrected chi connectivity index (χ1v) is 6.26. The number of rotatable bonds is 9. The molecule has 0 spiro atoms. The van der Waals surface area contributed by atoms with Crippen LogP contribution in [0, 0.1) is 5.92 Å². The Balaban J connectivity index is 4.09. The van der Waals surface area contributed by atoms with Gasteiger partial charge in [0.25, 0.3) is 0 Å². The number of aliphatic hydroxyl groups excluding tert-OH is 1. The average molecular weight is 242 g/mol. The van der Waals surface area contributed by atoms with Gasteiger partial charge in [0.1, 0.15) is 0 Å². The van der Waals surface area contributed by atoms with Gasteiger partial charge in [-0.2, -0.15) is 0 Å². The molecule has 17 heavy (non-hydrogen) atoms. The molecule has 0 heterocycles. The van der Waals surface area contributed by atoms with Gasteiger partial charge >= 0.3 is 0 Å². The largest absolute Gasteiger partial charge is 0.395 e. The molecular weight excluding hydrogens is 216 g/mol. The molecule has 0 fully saturated rings. The summed E-state index contributed by atoms with van der Waals surface area (Å²) in [5.41, 5.74) is 0. The summed E-state index contributed by atoms with van der Waals surface area (Å²) in [6.07, 6.45) is 2.73. The summed E-state index contributed by atoms with van der Waals surface area (Å²) < 4.78 is 0. The van der Waals surface area contributed by atoms with E-state index < -0.39 is 0 Å². The Morgan fingerprint density at radius 2 is 2.12 bits per heavy atom. The highest BCUT2D eigenvalue weighted by Crippen LogP contribution is 2.01. The van der Waals surface area contributed by atoms with Crippen LogP contribution in [0.4, 0.5) is 0 Å². The first-order valence-electron chi connectivity index (χ1n) is 6.26. The van der Waals surface area contributed by atoms with Crippen LogP contribution in [-0.2, 0) is 4.79 Å². The van der Waals surface area contributed by atoms with Gasteiger partial charge in [-0.15, -0.1) is 6.58 Å². The van der Waals surface area contributed by atoms with Crippen LogP contribution in [0.15, 0.2) is 12.7 Å². The van der Waals surface area contributed by atoms with Gasteiger partial charge in [-0.25, -0.2) is 0 Å². The van der Waals surface area contributed by atoms with Gasteiger partial charge in [-0.3, -0.25) is 9.69 Å². The number of carbonyl (C=O) groups excluding carboxylic acids is 1. The number of nitrogens with one attached hydrogen (secondary N) is 1. The third kappa shape index (κ3) is 7.13. The van der Waals surface area contributed by atoms with Gasteiger partial charge in [-0.05, 0) is 19.3 Å². The second-order valence-electron chi connectivity index (χ2n) is 4.66. The van der Waals surface area contributed by atoms with E-state index in [1.165, 1.54) is 0 Å². The summed E-state index contributed by atoms with van der Waals surface area (Å²) in [4.78, 5) is 13.7. The van der Waals surface area contributed by atoms with Crippen molar-refractivity contribution in [3.63, 3.8) is 0 Å². The van der Waals surface area contributed by atoms with Crippen molar-refractivity contribution in [1.29, 1.82) is 0 Å². The minimum Gasteiger partial charge on any atom is -0.395 e. The van der Waals surface area contributed by atoms with Crippen molar-refractivity contribution < 1.29 is 9.90 Å². The van der Waals surface area contributed by atoms with Crippen molar-refractivity contribution in [2.45, 2.75) is 33.2 Å². The van der Waals surface area contributed by atoms with E-state index in [2.05, 4.69) is 25.7 Å². The Morgan fingerprint density at radius 3 is 2.59 bits per heavy atom. The number of carbonyl (C=O) groups is 1. The van der Waals surface area contributed by atoms with Crippen LogP contribution < -0.4 is 5.32 Å². The third-order valence-electron chi connectivity index (χ3n) is 2.70. The van der Waals surface area contributed by atoms with E-state index in [-0.39, 0.29) is 18.6 Å². The minimum atomic E-state index is -0.229. The van der Waals surface area contributed by atoms with Crippen molar-refractivity contribution in [2.24, 2.45) is 5.92 Å². The smallest absolute Gasteiger partial charge is 0.237 e.